The third kappa shape index (κ3) is 7.71. The van der Waals surface area contributed by atoms with Gasteiger partial charge >= 0.3 is 17.1 Å². The van der Waals surface area contributed by atoms with E-state index in [1.54, 1.807) is 0 Å². The molecule has 0 spiro atoms. The van der Waals surface area contributed by atoms with E-state index in [9.17, 15) is 0 Å². The average Bonchev–Trinajstić information content (AvgIpc) is 2.11. The summed E-state index contributed by atoms with van der Waals surface area (Å²) in [7, 11) is -8.39. The molecule has 0 rings (SSSR count). The Bertz CT molecular complexity index is 386. The zero-order chi connectivity index (χ0) is 16.4. The predicted octanol–water partition coefficient (Wildman–Crippen LogP) is 4.58. The van der Waals surface area contributed by atoms with Crippen LogP contribution in [0.15, 0.2) is 22.5 Å². The van der Waals surface area contributed by atoms with Gasteiger partial charge in [-0.3, -0.25) is 0 Å². The van der Waals surface area contributed by atoms with Crippen LogP contribution in [-0.4, -0.2) is 34.5 Å². The molecule has 3 nitrogen and oxygen atoms in total. The fourth-order valence-electron chi connectivity index (χ4n) is 1.80. The number of hydrogen-bond acceptors (Lipinski definition) is 3. The first-order valence-corrected chi connectivity index (χ1v) is 18.0. The van der Waals surface area contributed by atoms with Crippen molar-refractivity contribution in [2.45, 2.75) is 45.8 Å². The van der Waals surface area contributed by atoms with E-state index < -0.39 is 34.5 Å². The van der Waals surface area contributed by atoms with Crippen LogP contribution in [0, 0.1) is 0 Å². The fourth-order valence-corrected chi connectivity index (χ4v) is 17.7. The molecule has 0 saturated carbocycles. The van der Waals surface area contributed by atoms with Crippen LogP contribution in [0.3, 0.4) is 0 Å². The third-order valence-electron chi connectivity index (χ3n) is 2.55. The van der Waals surface area contributed by atoms with Crippen molar-refractivity contribution in [2.24, 2.45) is 0 Å². The molecule has 1 unspecified atom stereocenters. The van der Waals surface area contributed by atoms with Crippen LogP contribution in [0.25, 0.3) is 0 Å². The zero-order valence-corrected chi connectivity index (χ0v) is 19.1. The number of hydrogen-bond donors (Lipinski definition) is 0. The van der Waals surface area contributed by atoms with E-state index in [-0.39, 0.29) is 0 Å². The van der Waals surface area contributed by atoms with E-state index in [1.807, 2.05) is 45.8 Å². The second kappa shape index (κ2) is 7.38. The molecule has 1 atom stereocenters. The first kappa shape index (κ1) is 20.8. The summed E-state index contributed by atoms with van der Waals surface area (Å²) in [5.41, 5.74) is 0. The highest BCUT2D eigenvalue weighted by Crippen LogP contribution is 2.26. The Kier molecular flexibility index (Phi) is 7.68. The third-order valence-corrected chi connectivity index (χ3v) is 18.6. The van der Waals surface area contributed by atoms with Crippen LogP contribution in [0.5, 0.6) is 0 Å². The molecule has 0 bridgehead atoms. The van der Waals surface area contributed by atoms with Crippen molar-refractivity contribution in [1.29, 1.82) is 0 Å². The van der Waals surface area contributed by atoms with Gasteiger partial charge in [-0.1, -0.05) is 36.4 Å². The fraction of sp³-hybridized carbons (Fsp3) is 0.636. The van der Waals surface area contributed by atoms with Crippen LogP contribution >= 0.6 is 23.2 Å². The first-order chi connectivity index (χ1) is 8.68. The maximum Gasteiger partial charge on any atom is 0.312 e. The van der Waals surface area contributed by atoms with Crippen LogP contribution < -0.4 is 0 Å². The largest absolute Gasteiger partial charge is 0.434 e. The van der Waals surface area contributed by atoms with Crippen molar-refractivity contribution in [3.63, 3.8) is 0 Å². The SMILES string of the molecule is C=C(Cl)[SiH](C)O[Si](C)(C)O[Si](C)(C)O[Si](C)(C)C(=C)Cl. The molecule has 0 saturated heterocycles. The molecule has 0 amide bonds. The van der Waals surface area contributed by atoms with Crippen molar-refractivity contribution < 1.29 is 12.3 Å². The molecular formula is C11H26Cl2O3Si4. The summed E-state index contributed by atoms with van der Waals surface area (Å²) in [4.78, 5) is 0. The molecule has 20 heavy (non-hydrogen) atoms. The summed E-state index contributed by atoms with van der Waals surface area (Å²) in [6.07, 6.45) is 0. The quantitative estimate of drug-likeness (QED) is 0.569. The molecule has 9 heteroatoms. The van der Waals surface area contributed by atoms with Gasteiger partial charge in [-0.2, -0.15) is 0 Å². The second-order valence-electron chi connectivity index (χ2n) is 6.13. The van der Waals surface area contributed by atoms with Gasteiger partial charge in [-0.15, -0.1) is 0 Å². The topological polar surface area (TPSA) is 27.7 Å². The monoisotopic (exact) mass is 388 g/mol. The Labute approximate surface area is 138 Å². The molecule has 0 aromatic rings. The van der Waals surface area contributed by atoms with E-state index in [4.69, 9.17) is 35.5 Å². The van der Waals surface area contributed by atoms with Gasteiger partial charge in [-0.05, 0) is 45.8 Å². The Morgan fingerprint density at radius 3 is 1.70 bits per heavy atom. The number of rotatable bonds is 8. The van der Waals surface area contributed by atoms with Crippen molar-refractivity contribution in [3.05, 3.63) is 22.5 Å². The second-order valence-corrected chi connectivity index (χ2v) is 21.5. The molecule has 0 aliphatic carbocycles. The Morgan fingerprint density at radius 2 is 1.35 bits per heavy atom. The molecule has 0 aliphatic rings. The van der Waals surface area contributed by atoms with Crippen LogP contribution in [0.4, 0.5) is 0 Å². The summed E-state index contributed by atoms with van der Waals surface area (Å²) in [5, 5.41) is 0. The summed E-state index contributed by atoms with van der Waals surface area (Å²) >= 11 is 12.0. The lowest BCUT2D eigenvalue weighted by molar-refractivity contribution is 0.337. The van der Waals surface area contributed by atoms with Gasteiger partial charge in [0.15, 0.2) is 0 Å². The molecule has 0 aromatic heterocycles. The van der Waals surface area contributed by atoms with Crippen LogP contribution in [0.2, 0.25) is 45.8 Å². The molecule has 0 radical (unpaired) electrons. The van der Waals surface area contributed by atoms with Crippen molar-refractivity contribution in [1.82, 2.24) is 0 Å². The minimum absolute atomic E-state index is 0.596. The standard InChI is InChI=1S/C11H26Cl2O3Si4/c1-10(12)17(3)14-19(6,7)16-20(8,9)15-18(4,5)11(2)13/h17H,1-2H2,3-9H3. The van der Waals surface area contributed by atoms with Gasteiger partial charge in [0.2, 0.25) is 17.4 Å². The first-order valence-electron chi connectivity index (χ1n) is 6.46. The summed E-state index contributed by atoms with van der Waals surface area (Å²) in [6, 6.07) is 0. The Hall–Kier alpha value is 0.808. The molecular weight excluding hydrogens is 363 g/mol. The highest BCUT2D eigenvalue weighted by atomic mass is 35.5. The molecule has 118 valence electrons. The van der Waals surface area contributed by atoms with E-state index in [1.165, 1.54) is 0 Å². The number of halogens is 2. The van der Waals surface area contributed by atoms with E-state index in [0.29, 0.717) is 9.31 Å². The summed E-state index contributed by atoms with van der Waals surface area (Å²) in [5.74, 6) is 0. The van der Waals surface area contributed by atoms with Crippen LogP contribution in [0.1, 0.15) is 0 Å². The Balaban J connectivity index is 4.81. The van der Waals surface area contributed by atoms with Crippen molar-refractivity contribution >= 4 is 57.7 Å². The smallest absolute Gasteiger partial charge is 0.312 e. The highest BCUT2D eigenvalue weighted by Gasteiger charge is 2.42. The van der Waals surface area contributed by atoms with Gasteiger partial charge in [0, 0.05) is 9.31 Å². The zero-order valence-electron chi connectivity index (χ0n) is 13.5. The molecule has 0 fully saturated rings. The predicted molar refractivity (Wildman–Crippen MR) is 98.7 cm³/mol. The van der Waals surface area contributed by atoms with Gasteiger partial charge in [0.25, 0.3) is 0 Å². The van der Waals surface area contributed by atoms with E-state index in [2.05, 4.69) is 13.2 Å². The average molecular weight is 390 g/mol. The summed E-state index contributed by atoms with van der Waals surface area (Å²) in [6.45, 7) is 21.7. The summed E-state index contributed by atoms with van der Waals surface area (Å²) < 4.78 is 19.7. The van der Waals surface area contributed by atoms with Gasteiger partial charge in [0.05, 0.1) is 0 Å². The van der Waals surface area contributed by atoms with E-state index in [0.717, 1.165) is 0 Å². The van der Waals surface area contributed by atoms with Crippen LogP contribution in [-0.2, 0) is 12.3 Å². The normalized spacial score (nSPS) is 15.1. The van der Waals surface area contributed by atoms with Gasteiger partial charge in [0.1, 0.15) is 0 Å². The lowest BCUT2D eigenvalue weighted by Crippen LogP contribution is -2.54. The van der Waals surface area contributed by atoms with Crippen molar-refractivity contribution in [3.8, 4) is 0 Å². The van der Waals surface area contributed by atoms with Gasteiger partial charge in [-0.25, -0.2) is 0 Å². The van der Waals surface area contributed by atoms with Crippen molar-refractivity contribution in [2.75, 3.05) is 0 Å². The maximum atomic E-state index is 6.24. The van der Waals surface area contributed by atoms with Gasteiger partial charge < -0.3 is 12.3 Å². The lowest BCUT2D eigenvalue weighted by atomic mass is 11.2. The minimum Gasteiger partial charge on any atom is -0.434 e. The molecule has 0 heterocycles. The highest BCUT2D eigenvalue weighted by molar-refractivity contribution is 6.94. The Morgan fingerprint density at radius 1 is 0.900 bits per heavy atom. The molecule has 0 N–H and O–H groups in total. The van der Waals surface area contributed by atoms with E-state index >= 15 is 0 Å². The minimum atomic E-state index is -2.34. The lowest BCUT2D eigenvalue weighted by Gasteiger charge is -2.38. The maximum absolute atomic E-state index is 6.24. The molecule has 0 aliphatic heterocycles. The molecule has 0 aromatic carbocycles.